The highest BCUT2D eigenvalue weighted by molar-refractivity contribution is 14.1. The summed E-state index contributed by atoms with van der Waals surface area (Å²) in [6.07, 6.45) is 1.67. The molecule has 1 aromatic heterocycles. The second-order valence-electron chi connectivity index (χ2n) is 4.30. The number of nitrogens with zero attached hydrogens (tertiary/aromatic N) is 1. The number of rotatable bonds is 5. The van der Waals surface area contributed by atoms with Crippen molar-refractivity contribution in [1.82, 2.24) is 4.90 Å². The van der Waals surface area contributed by atoms with E-state index in [2.05, 4.69) is 6.58 Å². The van der Waals surface area contributed by atoms with Gasteiger partial charge >= 0.3 is 0 Å². The Morgan fingerprint density at radius 3 is 2.76 bits per heavy atom. The minimum Gasteiger partial charge on any atom is -0.330 e. The summed E-state index contributed by atoms with van der Waals surface area (Å²) in [7, 11) is 0. The van der Waals surface area contributed by atoms with Crippen molar-refractivity contribution < 1.29 is 9.18 Å². The summed E-state index contributed by atoms with van der Waals surface area (Å²) in [5.41, 5.74) is 0.488. The van der Waals surface area contributed by atoms with Crippen LogP contribution in [-0.2, 0) is 6.54 Å². The van der Waals surface area contributed by atoms with Gasteiger partial charge in [-0.1, -0.05) is 17.7 Å². The van der Waals surface area contributed by atoms with Crippen molar-refractivity contribution in [2.45, 2.75) is 6.54 Å². The molecule has 0 N–H and O–H groups in total. The molecule has 0 bridgehead atoms. The van der Waals surface area contributed by atoms with Crippen LogP contribution >= 0.6 is 45.5 Å². The van der Waals surface area contributed by atoms with Gasteiger partial charge in [0.1, 0.15) is 5.82 Å². The molecule has 0 unspecified atom stereocenters. The zero-order valence-electron chi connectivity index (χ0n) is 11.0. The fraction of sp³-hybridized carbons (Fsp3) is 0.133. The fourth-order valence-corrected chi connectivity index (χ4v) is 3.64. The summed E-state index contributed by atoms with van der Waals surface area (Å²) in [4.78, 5) is 15.3. The van der Waals surface area contributed by atoms with Crippen LogP contribution in [0.1, 0.15) is 15.2 Å². The molecule has 1 heterocycles. The Kier molecular flexibility index (Phi) is 5.78. The molecule has 0 saturated heterocycles. The summed E-state index contributed by atoms with van der Waals surface area (Å²) in [5.74, 6) is -0.500. The Labute approximate surface area is 145 Å². The van der Waals surface area contributed by atoms with E-state index in [1.807, 2.05) is 28.7 Å². The third kappa shape index (κ3) is 4.28. The lowest BCUT2D eigenvalue weighted by Crippen LogP contribution is -2.31. The summed E-state index contributed by atoms with van der Waals surface area (Å²) in [6.45, 7) is 4.55. The van der Waals surface area contributed by atoms with Crippen LogP contribution in [0.3, 0.4) is 0 Å². The van der Waals surface area contributed by atoms with Gasteiger partial charge in [0.15, 0.2) is 0 Å². The molecule has 0 aliphatic heterocycles. The number of hydrogen-bond donors (Lipinski definition) is 0. The molecule has 0 radical (unpaired) electrons. The fourth-order valence-electron chi connectivity index (χ4n) is 1.83. The first-order valence-electron chi connectivity index (χ1n) is 6.10. The van der Waals surface area contributed by atoms with Crippen LogP contribution in [0.25, 0.3) is 0 Å². The molecule has 6 heteroatoms. The highest BCUT2D eigenvalue weighted by Crippen LogP contribution is 2.24. The number of thiophene rings is 1. The van der Waals surface area contributed by atoms with E-state index in [0.29, 0.717) is 26.6 Å². The number of carbonyl (C=O) groups excluding carboxylic acids is 1. The number of halogens is 3. The summed E-state index contributed by atoms with van der Waals surface area (Å²) in [5, 5.41) is 0. The molecule has 0 aliphatic carbocycles. The quantitative estimate of drug-likeness (QED) is 0.479. The van der Waals surface area contributed by atoms with E-state index in [4.69, 9.17) is 11.6 Å². The third-order valence-corrected chi connectivity index (χ3v) is 4.88. The molecule has 0 spiro atoms. The minimum atomic E-state index is -0.351. The molecule has 0 aliphatic rings. The monoisotopic (exact) mass is 435 g/mol. The van der Waals surface area contributed by atoms with Crippen LogP contribution in [-0.4, -0.2) is 17.4 Å². The van der Waals surface area contributed by atoms with Crippen molar-refractivity contribution in [3.05, 3.63) is 67.2 Å². The van der Waals surface area contributed by atoms with Crippen molar-refractivity contribution in [2.24, 2.45) is 0 Å². The van der Waals surface area contributed by atoms with E-state index in [-0.39, 0.29) is 11.7 Å². The Morgan fingerprint density at radius 1 is 1.43 bits per heavy atom. The summed E-state index contributed by atoms with van der Waals surface area (Å²) < 4.78 is 14.4. The van der Waals surface area contributed by atoms with Crippen molar-refractivity contribution in [2.75, 3.05) is 6.54 Å². The SMILES string of the molecule is C=CCN(Cc1ccc(Cl)s1)C(=O)c1ccc(F)cc1I. The zero-order valence-corrected chi connectivity index (χ0v) is 14.7. The molecule has 1 aromatic carbocycles. The van der Waals surface area contributed by atoms with Crippen molar-refractivity contribution in [3.8, 4) is 0 Å². The normalized spacial score (nSPS) is 10.4. The summed E-state index contributed by atoms with van der Waals surface area (Å²) >= 11 is 9.32. The predicted octanol–water partition coefficient (Wildman–Crippen LogP) is 4.97. The lowest BCUT2D eigenvalue weighted by Gasteiger charge is -2.21. The topological polar surface area (TPSA) is 20.3 Å². The van der Waals surface area contributed by atoms with Crippen LogP contribution in [0.2, 0.25) is 4.34 Å². The smallest absolute Gasteiger partial charge is 0.255 e. The van der Waals surface area contributed by atoms with Gasteiger partial charge in [0, 0.05) is 15.0 Å². The van der Waals surface area contributed by atoms with Crippen LogP contribution < -0.4 is 0 Å². The van der Waals surface area contributed by atoms with E-state index in [1.54, 1.807) is 17.0 Å². The number of benzene rings is 1. The molecule has 2 rings (SSSR count). The molecule has 0 atom stereocenters. The number of amides is 1. The molecule has 2 aromatic rings. The maximum atomic E-state index is 13.2. The first kappa shape index (κ1) is 16.5. The second kappa shape index (κ2) is 7.38. The van der Waals surface area contributed by atoms with Gasteiger partial charge in [-0.25, -0.2) is 4.39 Å². The van der Waals surface area contributed by atoms with E-state index < -0.39 is 0 Å². The molecular formula is C15H12ClFINOS. The van der Waals surface area contributed by atoms with Crippen molar-refractivity contribution in [3.63, 3.8) is 0 Å². The van der Waals surface area contributed by atoms with Gasteiger partial charge in [0.2, 0.25) is 0 Å². The molecule has 21 heavy (non-hydrogen) atoms. The van der Waals surface area contributed by atoms with Crippen molar-refractivity contribution >= 4 is 51.4 Å². The van der Waals surface area contributed by atoms with Crippen LogP contribution in [0, 0.1) is 9.39 Å². The van der Waals surface area contributed by atoms with Gasteiger partial charge in [-0.05, 0) is 52.9 Å². The van der Waals surface area contributed by atoms with Gasteiger partial charge in [0.25, 0.3) is 5.91 Å². The van der Waals surface area contributed by atoms with Gasteiger partial charge in [-0.3, -0.25) is 4.79 Å². The summed E-state index contributed by atoms with van der Waals surface area (Å²) in [6, 6.07) is 7.86. The van der Waals surface area contributed by atoms with E-state index in [1.165, 1.54) is 29.5 Å². The first-order chi connectivity index (χ1) is 10.0. The Morgan fingerprint density at radius 2 is 2.19 bits per heavy atom. The van der Waals surface area contributed by atoms with Gasteiger partial charge in [0.05, 0.1) is 16.4 Å². The van der Waals surface area contributed by atoms with E-state index in [0.717, 1.165) is 4.88 Å². The van der Waals surface area contributed by atoms with Crippen LogP contribution in [0.4, 0.5) is 4.39 Å². The molecule has 2 nitrogen and oxygen atoms in total. The zero-order chi connectivity index (χ0) is 15.4. The lowest BCUT2D eigenvalue weighted by atomic mass is 10.2. The van der Waals surface area contributed by atoms with Crippen molar-refractivity contribution in [1.29, 1.82) is 0 Å². The Hall–Kier alpha value is -0.920. The van der Waals surface area contributed by atoms with Gasteiger partial charge < -0.3 is 4.90 Å². The number of hydrogen-bond acceptors (Lipinski definition) is 2. The van der Waals surface area contributed by atoms with E-state index >= 15 is 0 Å². The first-order valence-corrected chi connectivity index (χ1v) is 8.38. The maximum Gasteiger partial charge on any atom is 0.255 e. The minimum absolute atomic E-state index is 0.149. The maximum absolute atomic E-state index is 13.2. The molecule has 0 fully saturated rings. The average molecular weight is 436 g/mol. The highest BCUT2D eigenvalue weighted by Gasteiger charge is 2.18. The lowest BCUT2D eigenvalue weighted by molar-refractivity contribution is 0.0763. The number of carbonyl (C=O) groups is 1. The predicted molar refractivity (Wildman–Crippen MR) is 93.4 cm³/mol. The molecule has 110 valence electrons. The third-order valence-electron chi connectivity index (χ3n) is 2.77. The molecular weight excluding hydrogens is 424 g/mol. The van der Waals surface area contributed by atoms with Gasteiger partial charge in [-0.2, -0.15) is 0 Å². The standard InChI is InChI=1S/C15H12ClFINOS/c1-2-7-19(9-11-4-6-14(16)21-11)15(20)12-5-3-10(17)8-13(12)18/h2-6,8H,1,7,9H2. The largest absolute Gasteiger partial charge is 0.330 e. The molecule has 0 saturated carbocycles. The highest BCUT2D eigenvalue weighted by atomic mass is 127. The Balaban J connectivity index is 2.24. The van der Waals surface area contributed by atoms with E-state index in [9.17, 15) is 9.18 Å². The average Bonchev–Trinajstić information content (AvgIpc) is 2.83. The second-order valence-corrected chi connectivity index (χ2v) is 7.27. The van der Waals surface area contributed by atoms with Crippen LogP contribution in [0.5, 0.6) is 0 Å². The van der Waals surface area contributed by atoms with Crippen LogP contribution in [0.15, 0.2) is 43.0 Å². The Bertz CT molecular complexity index is 673. The molecule has 1 amide bonds. The van der Waals surface area contributed by atoms with Gasteiger partial charge in [-0.15, -0.1) is 17.9 Å².